The van der Waals surface area contributed by atoms with Crippen LogP contribution in [0.1, 0.15) is 25.7 Å². The lowest BCUT2D eigenvalue weighted by atomic mass is 10.3. The van der Waals surface area contributed by atoms with Crippen molar-refractivity contribution in [1.29, 1.82) is 0 Å². The van der Waals surface area contributed by atoms with Crippen LogP contribution in [0, 0.1) is 0 Å². The second-order valence-electron chi connectivity index (χ2n) is 4.18. The van der Waals surface area contributed by atoms with Crippen molar-refractivity contribution in [2.45, 2.75) is 26.0 Å². The molecule has 0 aliphatic rings. The maximum atomic E-state index is 5.95. The standard InChI is InChI=1S/C11H13Br2N3O2S/c1-5(2)17-4-7(14)10-15-11(18-16-10)6-3-8(12)19-9(6)13/h3,5,7H,4,14H2,1-2H3. The zero-order chi connectivity index (χ0) is 14.0. The molecule has 2 N–H and O–H groups in total. The van der Waals surface area contributed by atoms with Crippen LogP contribution in [-0.2, 0) is 4.74 Å². The molecular weight excluding hydrogens is 398 g/mol. The summed E-state index contributed by atoms with van der Waals surface area (Å²) in [4.78, 5) is 4.31. The Labute approximate surface area is 131 Å². The summed E-state index contributed by atoms with van der Waals surface area (Å²) < 4.78 is 12.6. The normalized spacial score (nSPS) is 13.2. The van der Waals surface area contributed by atoms with E-state index in [0.717, 1.165) is 13.1 Å². The number of nitrogens with two attached hydrogens (primary N) is 1. The van der Waals surface area contributed by atoms with Gasteiger partial charge >= 0.3 is 0 Å². The van der Waals surface area contributed by atoms with Crippen molar-refractivity contribution >= 4 is 43.2 Å². The van der Waals surface area contributed by atoms with Gasteiger partial charge in [-0.15, -0.1) is 11.3 Å². The molecule has 0 saturated carbocycles. The van der Waals surface area contributed by atoms with Gasteiger partial charge in [0, 0.05) is 0 Å². The summed E-state index contributed by atoms with van der Waals surface area (Å²) in [6.45, 7) is 4.27. The molecule has 0 aliphatic heterocycles. The van der Waals surface area contributed by atoms with E-state index in [0.29, 0.717) is 18.3 Å². The first-order valence-corrected chi connectivity index (χ1v) is 8.03. The highest BCUT2D eigenvalue weighted by Gasteiger charge is 2.18. The summed E-state index contributed by atoms with van der Waals surface area (Å²) in [7, 11) is 0. The van der Waals surface area contributed by atoms with E-state index < -0.39 is 0 Å². The Hall–Kier alpha value is -0.280. The molecule has 8 heteroatoms. The quantitative estimate of drug-likeness (QED) is 0.812. The minimum atomic E-state index is -0.388. The molecule has 0 fully saturated rings. The van der Waals surface area contributed by atoms with Gasteiger partial charge in [-0.1, -0.05) is 5.16 Å². The summed E-state index contributed by atoms with van der Waals surface area (Å²) in [6, 6.07) is 1.53. The minimum Gasteiger partial charge on any atom is -0.377 e. The lowest BCUT2D eigenvalue weighted by Gasteiger charge is -2.10. The first kappa shape index (κ1) is 15.1. The van der Waals surface area contributed by atoms with Crippen LogP contribution < -0.4 is 5.73 Å². The number of hydrogen-bond acceptors (Lipinski definition) is 6. The molecule has 0 spiro atoms. The molecule has 1 atom stereocenters. The minimum absolute atomic E-state index is 0.124. The Morgan fingerprint density at radius 3 is 2.79 bits per heavy atom. The third-order valence-corrected chi connectivity index (χ3v) is 4.61. The molecular formula is C11H13Br2N3O2S. The van der Waals surface area contributed by atoms with E-state index in [-0.39, 0.29) is 12.1 Å². The predicted molar refractivity (Wildman–Crippen MR) is 81.0 cm³/mol. The highest BCUT2D eigenvalue weighted by Crippen LogP contribution is 2.37. The van der Waals surface area contributed by atoms with E-state index in [1.165, 1.54) is 0 Å². The Kier molecular flexibility index (Phi) is 5.13. The van der Waals surface area contributed by atoms with E-state index in [1.807, 2.05) is 19.9 Å². The van der Waals surface area contributed by atoms with Crippen molar-refractivity contribution in [3.05, 3.63) is 19.5 Å². The second kappa shape index (κ2) is 6.45. The van der Waals surface area contributed by atoms with Crippen molar-refractivity contribution in [2.75, 3.05) is 6.61 Å². The van der Waals surface area contributed by atoms with Gasteiger partial charge < -0.3 is 15.0 Å². The molecule has 0 saturated heterocycles. The van der Waals surface area contributed by atoms with Crippen LogP contribution in [0.4, 0.5) is 0 Å². The molecule has 19 heavy (non-hydrogen) atoms. The fourth-order valence-corrected chi connectivity index (χ4v) is 4.13. The third-order valence-electron chi connectivity index (χ3n) is 2.27. The van der Waals surface area contributed by atoms with Crippen LogP contribution in [0.5, 0.6) is 0 Å². The molecule has 2 aromatic rings. The highest BCUT2D eigenvalue weighted by atomic mass is 79.9. The number of nitrogens with zero attached hydrogens (tertiary/aromatic N) is 2. The average Bonchev–Trinajstić information content (AvgIpc) is 2.92. The Morgan fingerprint density at radius 1 is 1.47 bits per heavy atom. The number of aromatic nitrogens is 2. The molecule has 0 aliphatic carbocycles. The van der Waals surface area contributed by atoms with E-state index >= 15 is 0 Å². The van der Waals surface area contributed by atoms with Crippen molar-refractivity contribution in [1.82, 2.24) is 10.1 Å². The summed E-state index contributed by atoms with van der Waals surface area (Å²) in [6.07, 6.45) is 0.124. The van der Waals surface area contributed by atoms with Crippen LogP contribution in [0.25, 0.3) is 11.5 Å². The number of rotatable bonds is 5. The summed E-state index contributed by atoms with van der Waals surface area (Å²) >= 11 is 8.41. The molecule has 1 unspecified atom stereocenters. The van der Waals surface area contributed by atoms with Crippen molar-refractivity contribution in [2.24, 2.45) is 5.73 Å². The fourth-order valence-electron chi connectivity index (χ4n) is 1.35. The molecule has 2 rings (SSSR count). The number of ether oxygens (including phenoxy) is 1. The van der Waals surface area contributed by atoms with E-state index in [2.05, 4.69) is 42.0 Å². The summed E-state index contributed by atoms with van der Waals surface area (Å²) in [5, 5.41) is 3.90. The van der Waals surface area contributed by atoms with Gasteiger partial charge in [-0.25, -0.2) is 0 Å². The van der Waals surface area contributed by atoms with Crippen molar-refractivity contribution in [3.63, 3.8) is 0 Å². The summed E-state index contributed by atoms with van der Waals surface area (Å²) in [5.41, 5.74) is 6.80. The van der Waals surface area contributed by atoms with Gasteiger partial charge in [0.05, 0.1) is 31.9 Å². The molecule has 0 amide bonds. The number of thiophene rings is 1. The second-order valence-corrected chi connectivity index (χ2v) is 7.93. The predicted octanol–water partition coefficient (Wildman–Crippen LogP) is 3.75. The van der Waals surface area contributed by atoms with E-state index in [4.69, 9.17) is 15.0 Å². The third kappa shape index (κ3) is 3.85. The SMILES string of the molecule is CC(C)OCC(N)c1noc(-c2cc(Br)sc2Br)n1. The maximum absolute atomic E-state index is 5.95. The molecule has 5 nitrogen and oxygen atoms in total. The molecule has 0 radical (unpaired) electrons. The van der Waals surface area contributed by atoms with Gasteiger partial charge in [-0.05, 0) is 51.8 Å². The van der Waals surface area contributed by atoms with E-state index in [9.17, 15) is 0 Å². The number of halogens is 2. The Morgan fingerprint density at radius 2 is 2.21 bits per heavy atom. The van der Waals surface area contributed by atoms with Crippen molar-refractivity contribution < 1.29 is 9.26 Å². The first-order chi connectivity index (χ1) is 8.97. The Balaban J connectivity index is 2.12. The zero-order valence-corrected chi connectivity index (χ0v) is 14.4. The fraction of sp³-hybridized carbons (Fsp3) is 0.455. The molecule has 2 heterocycles. The van der Waals surface area contributed by atoms with Gasteiger partial charge in [0.25, 0.3) is 5.89 Å². The van der Waals surface area contributed by atoms with Gasteiger partial charge in [0.15, 0.2) is 5.82 Å². The molecule has 2 aromatic heterocycles. The van der Waals surface area contributed by atoms with Crippen LogP contribution >= 0.6 is 43.2 Å². The summed E-state index contributed by atoms with van der Waals surface area (Å²) in [5.74, 6) is 0.897. The average molecular weight is 411 g/mol. The lowest BCUT2D eigenvalue weighted by molar-refractivity contribution is 0.0665. The first-order valence-electron chi connectivity index (χ1n) is 5.63. The van der Waals surface area contributed by atoms with Crippen LogP contribution in [-0.4, -0.2) is 22.9 Å². The van der Waals surface area contributed by atoms with Crippen LogP contribution in [0.15, 0.2) is 18.2 Å². The topological polar surface area (TPSA) is 74.2 Å². The van der Waals surface area contributed by atoms with Crippen molar-refractivity contribution in [3.8, 4) is 11.5 Å². The monoisotopic (exact) mass is 409 g/mol. The highest BCUT2D eigenvalue weighted by molar-refractivity contribution is 9.12. The van der Waals surface area contributed by atoms with Gasteiger partial charge in [-0.2, -0.15) is 4.98 Å². The lowest BCUT2D eigenvalue weighted by Crippen LogP contribution is -2.20. The van der Waals surface area contributed by atoms with Gasteiger partial charge in [0.1, 0.15) is 0 Å². The van der Waals surface area contributed by atoms with Crippen LogP contribution in [0.2, 0.25) is 0 Å². The molecule has 0 bridgehead atoms. The smallest absolute Gasteiger partial charge is 0.260 e. The largest absolute Gasteiger partial charge is 0.377 e. The van der Waals surface area contributed by atoms with Gasteiger partial charge in [-0.3, -0.25) is 0 Å². The van der Waals surface area contributed by atoms with Crippen LogP contribution in [0.3, 0.4) is 0 Å². The molecule has 104 valence electrons. The maximum Gasteiger partial charge on any atom is 0.260 e. The van der Waals surface area contributed by atoms with E-state index in [1.54, 1.807) is 11.3 Å². The zero-order valence-electron chi connectivity index (χ0n) is 10.4. The van der Waals surface area contributed by atoms with Gasteiger partial charge in [0.2, 0.25) is 0 Å². The Bertz CT molecular complexity index is 556. The number of hydrogen-bond donors (Lipinski definition) is 1. The molecule has 0 aromatic carbocycles.